The van der Waals surface area contributed by atoms with Crippen molar-refractivity contribution in [2.24, 2.45) is 0 Å². The van der Waals surface area contributed by atoms with E-state index >= 15 is 0 Å². The molecule has 0 saturated heterocycles. The van der Waals surface area contributed by atoms with E-state index in [9.17, 15) is 4.79 Å². The lowest BCUT2D eigenvalue weighted by Gasteiger charge is -2.11. The molecule has 1 aromatic carbocycles. The van der Waals surface area contributed by atoms with Gasteiger partial charge in [-0.25, -0.2) is 0 Å². The van der Waals surface area contributed by atoms with Gasteiger partial charge in [0.15, 0.2) is 5.78 Å². The maximum Gasteiger partial charge on any atom is 0.185 e. The Hall–Kier alpha value is -1.63. The highest BCUT2D eigenvalue weighted by molar-refractivity contribution is 6.21. The average molecular weight is 282 g/mol. The van der Waals surface area contributed by atoms with E-state index < -0.39 is 0 Å². The van der Waals surface area contributed by atoms with E-state index in [0.717, 1.165) is 49.7 Å². The minimum absolute atomic E-state index is 0.320. The van der Waals surface area contributed by atoms with Gasteiger partial charge >= 0.3 is 0 Å². The van der Waals surface area contributed by atoms with Gasteiger partial charge < -0.3 is 0 Å². The summed E-state index contributed by atoms with van der Waals surface area (Å²) < 4.78 is 0. The molecule has 0 spiro atoms. The quantitative estimate of drug-likeness (QED) is 0.625. The van der Waals surface area contributed by atoms with Gasteiger partial charge in [0.05, 0.1) is 0 Å². The highest BCUT2D eigenvalue weighted by Gasteiger charge is 2.30. The van der Waals surface area contributed by atoms with E-state index in [1.807, 2.05) is 6.07 Å². The molecule has 0 N–H and O–H groups in total. The van der Waals surface area contributed by atoms with Crippen LogP contribution >= 0.6 is 0 Å². The summed E-state index contributed by atoms with van der Waals surface area (Å²) in [5.74, 6) is 0.320. The fourth-order valence-electron chi connectivity index (χ4n) is 3.25. The normalized spacial score (nSPS) is 15.3. The average Bonchev–Trinajstić information content (AvgIpc) is 2.75. The van der Waals surface area contributed by atoms with Crippen molar-refractivity contribution in [3.63, 3.8) is 0 Å². The van der Waals surface area contributed by atoms with E-state index in [1.165, 1.54) is 16.7 Å². The summed E-state index contributed by atoms with van der Waals surface area (Å²) in [5, 5.41) is 0. The molecule has 1 aliphatic carbocycles. The zero-order valence-electron chi connectivity index (χ0n) is 13.5. The molecule has 0 heterocycles. The maximum absolute atomic E-state index is 12.8. The van der Waals surface area contributed by atoms with Crippen molar-refractivity contribution < 1.29 is 4.79 Å². The summed E-state index contributed by atoms with van der Waals surface area (Å²) >= 11 is 0. The number of hydrogen-bond donors (Lipinski definition) is 0. The Balaban J connectivity index is 2.57. The Kier molecular flexibility index (Phi) is 5.55. The van der Waals surface area contributed by atoms with Crippen molar-refractivity contribution in [1.29, 1.82) is 0 Å². The summed E-state index contributed by atoms with van der Waals surface area (Å²) in [4.78, 5) is 12.8. The molecule has 0 atom stereocenters. The molecule has 1 heteroatoms. The van der Waals surface area contributed by atoms with Crippen molar-refractivity contribution in [3.8, 4) is 0 Å². The molecule has 1 aliphatic rings. The van der Waals surface area contributed by atoms with Crippen LogP contribution in [0.15, 0.2) is 47.1 Å². The lowest BCUT2D eigenvalue weighted by atomic mass is 9.92. The van der Waals surface area contributed by atoms with Gasteiger partial charge in [0.2, 0.25) is 0 Å². The lowest BCUT2D eigenvalue weighted by Crippen LogP contribution is -2.02. The molecule has 0 aliphatic heterocycles. The molecule has 112 valence electrons. The number of allylic oxidation sites excluding steroid dienone is 4. The molecule has 0 aromatic heterocycles. The number of hydrogen-bond acceptors (Lipinski definition) is 1. The van der Waals surface area contributed by atoms with Crippen LogP contribution in [0.4, 0.5) is 0 Å². The lowest BCUT2D eigenvalue weighted by molar-refractivity contribution is -0.112. The van der Waals surface area contributed by atoms with Gasteiger partial charge in [-0.15, -0.1) is 0 Å². The first-order chi connectivity index (χ1) is 10.2. The first-order valence-electron chi connectivity index (χ1n) is 8.30. The van der Waals surface area contributed by atoms with E-state index in [4.69, 9.17) is 0 Å². The predicted molar refractivity (Wildman–Crippen MR) is 90.1 cm³/mol. The topological polar surface area (TPSA) is 17.1 Å². The van der Waals surface area contributed by atoms with E-state index in [-0.39, 0.29) is 0 Å². The standard InChI is InChI=1S/C20H26O/c1-4-10-16-17(11-5-2)20(21)18(12-6-3)19(16)15-13-8-7-9-14-15/h7-9,13-14H,4-6,10-12H2,1-3H3. The smallest absolute Gasteiger partial charge is 0.185 e. The molecule has 1 nitrogen and oxygen atoms in total. The van der Waals surface area contributed by atoms with Gasteiger partial charge in [0, 0.05) is 11.1 Å². The van der Waals surface area contributed by atoms with Gasteiger partial charge in [0.1, 0.15) is 0 Å². The number of carbonyl (C=O) groups excluding carboxylic acids is 1. The van der Waals surface area contributed by atoms with Gasteiger partial charge in [-0.05, 0) is 36.0 Å². The van der Waals surface area contributed by atoms with Crippen molar-refractivity contribution in [2.45, 2.75) is 59.3 Å². The minimum Gasteiger partial charge on any atom is -0.289 e. The molecule has 2 rings (SSSR count). The van der Waals surface area contributed by atoms with Crippen LogP contribution in [0.3, 0.4) is 0 Å². The van der Waals surface area contributed by atoms with Crippen LogP contribution in [0.5, 0.6) is 0 Å². The molecular weight excluding hydrogens is 256 g/mol. The Morgan fingerprint density at radius 1 is 0.714 bits per heavy atom. The molecule has 21 heavy (non-hydrogen) atoms. The van der Waals surface area contributed by atoms with Crippen LogP contribution in [0.25, 0.3) is 5.57 Å². The molecule has 0 saturated carbocycles. The molecule has 0 unspecified atom stereocenters. The van der Waals surface area contributed by atoms with Crippen LogP contribution in [-0.2, 0) is 4.79 Å². The fraction of sp³-hybridized carbons (Fsp3) is 0.450. The fourth-order valence-corrected chi connectivity index (χ4v) is 3.25. The molecule has 0 radical (unpaired) electrons. The highest BCUT2D eigenvalue weighted by Crippen LogP contribution is 2.42. The van der Waals surface area contributed by atoms with Crippen molar-refractivity contribution in [1.82, 2.24) is 0 Å². The van der Waals surface area contributed by atoms with Crippen LogP contribution in [0, 0.1) is 0 Å². The Morgan fingerprint density at radius 3 is 1.81 bits per heavy atom. The Labute approximate surface area is 128 Å². The largest absolute Gasteiger partial charge is 0.289 e. The van der Waals surface area contributed by atoms with Crippen LogP contribution in [-0.4, -0.2) is 5.78 Å². The minimum atomic E-state index is 0.320. The zero-order valence-corrected chi connectivity index (χ0v) is 13.5. The van der Waals surface area contributed by atoms with Crippen LogP contribution < -0.4 is 0 Å². The van der Waals surface area contributed by atoms with Gasteiger partial charge in [-0.1, -0.05) is 70.4 Å². The number of Topliss-reactive ketones (excluding diaryl/α,β-unsaturated/α-hetero) is 1. The number of rotatable bonds is 7. The van der Waals surface area contributed by atoms with Gasteiger partial charge in [0.25, 0.3) is 0 Å². The second-order valence-corrected chi connectivity index (χ2v) is 5.76. The van der Waals surface area contributed by atoms with Crippen LogP contribution in [0.2, 0.25) is 0 Å². The summed E-state index contributed by atoms with van der Waals surface area (Å²) in [6, 6.07) is 10.5. The van der Waals surface area contributed by atoms with Crippen LogP contribution in [0.1, 0.15) is 64.9 Å². The second-order valence-electron chi connectivity index (χ2n) is 5.76. The summed E-state index contributed by atoms with van der Waals surface area (Å²) in [7, 11) is 0. The summed E-state index contributed by atoms with van der Waals surface area (Å²) in [5.41, 5.74) is 5.91. The third-order valence-corrected chi connectivity index (χ3v) is 4.08. The molecule has 0 fully saturated rings. The molecular formula is C20H26O. The van der Waals surface area contributed by atoms with Gasteiger partial charge in [-0.2, -0.15) is 0 Å². The predicted octanol–water partition coefficient (Wildman–Crippen LogP) is 5.72. The molecule has 0 bridgehead atoms. The SMILES string of the molecule is CCCC1=C(CCC)C(c2ccccc2)=C(CCC)C1=O. The summed E-state index contributed by atoms with van der Waals surface area (Å²) in [6.07, 6.45) is 5.97. The van der Waals surface area contributed by atoms with Crippen molar-refractivity contribution >= 4 is 11.4 Å². The Bertz CT molecular complexity index is 561. The third-order valence-electron chi connectivity index (χ3n) is 4.08. The van der Waals surface area contributed by atoms with Crippen molar-refractivity contribution in [2.75, 3.05) is 0 Å². The van der Waals surface area contributed by atoms with E-state index in [0.29, 0.717) is 5.78 Å². The number of carbonyl (C=O) groups is 1. The number of benzene rings is 1. The van der Waals surface area contributed by atoms with Crippen molar-refractivity contribution in [3.05, 3.63) is 52.6 Å². The summed E-state index contributed by atoms with van der Waals surface area (Å²) in [6.45, 7) is 6.51. The monoisotopic (exact) mass is 282 g/mol. The second kappa shape index (κ2) is 7.40. The molecule has 1 aromatic rings. The first-order valence-corrected chi connectivity index (χ1v) is 8.30. The zero-order chi connectivity index (χ0) is 15.2. The Morgan fingerprint density at radius 2 is 1.24 bits per heavy atom. The molecule has 0 amide bonds. The third kappa shape index (κ3) is 3.18. The maximum atomic E-state index is 12.8. The highest BCUT2D eigenvalue weighted by atomic mass is 16.1. The first kappa shape index (κ1) is 15.8. The van der Waals surface area contributed by atoms with E-state index in [1.54, 1.807) is 0 Å². The van der Waals surface area contributed by atoms with Gasteiger partial charge in [-0.3, -0.25) is 4.79 Å². The van der Waals surface area contributed by atoms with E-state index in [2.05, 4.69) is 45.0 Å². The number of ketones is 1.